The van der Waals surface area contributed by atoms with E-state index in [-0.39, 0.29) is 0 Å². The summed E-state index contributed by atoms with van der Waals surface area (Å²) in [6.07, 6.45) is 5.94. The van der Waals surface area contributed by atoms with Crippen LogP contribution in [0, 0.1) is 0 Å². The summed E-state index contributed by atoms with van der Waals surface area (Å²) in [6, 6.07) is 9.33. The zero-order valence-electron chi connectivity index (χ0n) is 9.01. The first-order chi connectivity index (χ1) is 7.74. The molecule has 82 valence electrons. The number of ketones is 1. The Labute approximate surface area is 94.5 Å². The van der Waals surface area contributed by atoms with Crippen LogP contribution in [0.1, 0.15) is 12.5 Å². The first-order valence-electron chi connectivity index (χ1n) is 4.93. The third kappa shape index (κ3) is 3.92. The number of rotatable bonds is 4. The molecule has 3 nitrogen and oxygen atoms in total. The number of hydrogen-bond donors (Lipinski definition) is 1. The molecule has 1 rings (SSSR count). The van der Waals surface area contributed by atoms with Gasteiger partial charge in [-0.1, -0.05) is 42.5 Å². The highest BCUT2D eigenvalue weighted by Crippen LogP contribution is 2.00. The van der Waals surface area contributed by atoms with Crippen LogP contribution in [0.25, 0.3) is 6.08 Å². The number of benzene rings is 1. The molecule has 0 unspecified atom stereocenters. The molecule has 0 saturated heterocycles. The Kier molecular flexibility index (Phi) is 4.73. The lowest BCUT2D eigenvalue weighted by atomic mass is 10.2. The summed E-state index contributed by atoms with van der Waals surface area (Å²) in [5, 5.41) is 2.35. The van der Waals surface area contributed by atoms with E-state index in [1.165, 1.54) is 12.3 Å². The van der Waals surface area contributed by atoms with Crippen molar-refractivity contribution in [3.05, 3.63) is 54.2 Å². The third-order valence-corrected chi connectivity index (χ3v) is 1.83. The maximum atomic E-state index is 11.3. The molecular formula is C13H13NO2. The van der Waals surface area contributed by atoms with Gasteiger partial charge in [0.25, 0.3) is 5.91 Å². The smallest absolute Gasteiger partial charge is 0.295 e. The zero-order chi connectivity index (χ0) is 11.8. The Balaban J connectivity index is 2.58. The van der Waals surface area contributed by atoms with Gasteiger partial charge in [-0.15, -0.1) is 0 Å². The van der Waals surface area contributed by atoms with Gasteiger partial charge in [0.2, 0.25) is 5.78 Å². The van der Waals surface area contributed by atoms with E-state index in [2.05, 4.69) is 5.32 Å². The molecular weight excluding hydrogens is 202 g/mol. The second kappa shape index (κ2) is 6.35. The van der Waals surface area contributed by atoms with E-state index < -0.39 is 11.7 Å². The predicted octanol–water partition coefficient (Wildman–Crippen LogP) is 1.92. The largest absolute Gasteiger partial charge is 0.326 e. The molecule has 16 heavy (non-hydrogen) atoms. The number of allylic oxidation sites excluding steroid dienone is 1. The van der Waals surface area contributed by atoms with Gasteiger partial charge >= 0.3 is 0 Å². The van der Waals surface area contributed by atoms with E-state index >= 15 is 0 Å². The van der Waals surface area contributed by atoms with Gasteiger partial charge in [0.15, 0.2) is 0 Å². The highest BCUT2D eigenvalue weighted by molar-refractivity contribution is 6.41. The molecule has 0 aromatic heterocycles. The molecule has 0 aliphatic carbocycles. The van der Waals surface area contributed by atoms with Crippen LogP contribution < -0.4 is 5.32 Å². The van der Waals surface area contributed by atoms with E-state index in [1.807, 2.05) is 30.3 Å². The van der Waals surface area contributed by atoms with Crippen LogP contribution in [0.2, 0.25) is 0 Å². The minimum atomic E-state index is -0.634. The fourth-order valence-electron chi connectivity index (χ4n) is 1.04. The van der Waals surface area contributed by atoms with Crippen LogP contribution >= 0.6 is 0 Å². The molecule has 0 radical (unpaired) electrons. The van der Waals surface area contributed by atoms with Crippen LogP contribution in [-0.4, -0.2) is 11.7 Å². The maximum Gasteiger partial charge on any atom is 0.295 e. The SMILES string of the molecule is CC=CNC(=O)C(=O)/C=C/c1ccccc1. The van der Waals surface area contributed by atoms with Gasteiger partial charge in [-0.3, -0.25) is 9.59 Å². The molecule has 0 saturated carbocycles. The Bertz CT molecular complexity index is 419. The first-order valence-corrected chi connectivity index (χ1v) is 4.93. The number of carbonyl (C=O) groups is 2. The summed E-state index contributed by atoms with van der Waals surface area (Å²) in [5.74, 6) is -1.20. The van der Waals surface area contributed by atoms with Crippen LogP contribution in [0.15, 0.2) is 48.7 Å². The van der Waals surface area contributed by atoms with Gasteiger partial charge in [-0.25, -0.2) is 0 Å². The van der Waals surface area contributed by atoms with Crippen LogP contribution in [0.5, 0.6) is 0 Å². The minimum absolute atomic E-state index is 0.568. The molecule has 1 aromatic rings. The Morgan fingerprint density at radius 3 is 2.50 bits per heavy atom. The molecule has 1 N–H and O–H groups in total. The van der Waals surface area contributed by atoms with Gasteiger partial charge in [-0.2, -0.15) is 0 Å². The van der Waals surface area contributed by atoms with E-state index in [4.69, 9.17) is 0 Å². The van der Waals surface area contributed by atoms with Crippen LogP contribution in [0.4, 0.5) is 0 Å². The van der Waals surface area contributed by atoms with Gasteiger partial charge in [0.05, 0.1) is 0 Å². The maximum absolute atomic E-state index is 11.3. The summed E-state index contributed by atoms with van der Waals surface area (Å²) in [7, 11) is 0. The second-order valence-electron chi connectivity index (χ2n) is 3.08. The summed E-state index contributed by atoms with van der Waals surface area (Å²) in [5.41, 5.74) is 0.884. The third-order valence-electron chi connectivity index (χ3n) is 1.83. The van der Waals surface area contributed by atoms with Gasteiger partial charge in [0, 0.05) is 0 Å². The molecule has 0 aliphatic heterocycles. The Hall–Kier alpha value is -2.16. The average Bonchev–Trinajstić information content (AvgIpc) is 2.34. The monoisotopic (exact) mass is 215 g/mol. The molecule has 1 amide bonds. The van der Waals surface area contributed by atoms with Crippen molar-refractivity contribution in [1.82, 2.24) is 5.32 Å². The van der Waals surface area contributed by atoms with Gasteiger partial charge in [-0.05, 0) is 24.8 Å². The van der Waals surface area contributed by atoms with Crippen molar-refractivity contribution in [3.63, 3.8) is 0 Å². The fourth-order valence-corrected chi connectivity index (χ4v) is 1.04. The quantitative estimate of drug-likeness (QED) is 0.616. The van der Waals surface area contributed by atoms with Gasteiger partial charge in [0.1, 0.15) is 0 Å². The van der Waals surface area contributed by atoms with E-state index in [9.17, 15) is 9.59 Å². The molecule has 0 atom stereocenters. The topological polar surface area (TPSA) is 46.2 Å². The molecule has 1 aromatic carbocycles. The zero-order valence-corrected chi connectivity index (χ0v) is 9.01. The lowest BCUT2D eigenvalue weighted by molar-refractivity contribution is -0.134. The molecule has 0 heterocycles. The first kappa shape index (κ1) is 11.9. The van der Waals surface area contributed by atoms with Crippen LogP contribution in [-0.2, 0) is 9.59 Å². The summed E-state index contributed by atoms with van der Waals surface area (Å²) >= 11 is 0. The van der Waals surface area contributed by atoms with Crippen molar-refractivity contribution in [2.24, 2.45) is 0 Å². The van der Waals surface area contributed by atoms with E-state index in [0.29, 0.717) is 0 Å². The molecule has 0 spiro atoms. The van der Waals surface area contributed by atoms with Crippen molar-refractivity contribution in [3.8, 4) is 0 Å². The van der Waals surface area contributed by atoms with Gasteiger partial charge < -0.3 is 5.32 Å². The molecule has 3 heteroatoms. The fraction of sp³-hybridized carbons (Fsp3) is 0.0769. The van der Waals surface area contributed by atoms with Crippen molar-refractivity contribution in [2.75, 3.05) is 0 Å². The van der Waals surface area contributed by atoms with Crippen molar-refractivity contribution >= 4 is 17.8 Å². The predicted molar refractivity (Wildman–Crippen MR) is 63.4 cm³/mol. The number of carbonyl (C=O) groups excluding carboxylic acids is 2. The number of nitrogens with one attached hydrogen (secondary N) is 1. The Morgan fingerprint density at radius 2 is 1.88 bits per heavy atom. The molecule has 0 aliphatic rings. The second-order valence-corrected chi connectivity index (χ2v) is 3.08. The summed E-state index contributed by atoms with van der Waals surface area (Å²) in [6.45, 7) is 1.75. The van der Waals surface area contributed by atoms with Crippen LogP contribution in [0.3, 0.4) is 0 Å². The van der Waals surface area contributed by atoms with E-state index in [0.717, 1.165) is 5.56 Å². The normalized spacial score (nSPS) is 10.8. The standard InChI is InChI=1S/C13H13NO2/c1-2-10-14-13(16)12(15)9-8-11-6-4-3-5-7-11/h2-10H,1H3,(H,14,16)/b9-8+,10-2?. The molecule has 0 fully saturated rings. The summed E-state index contributed by atoms with van der Waals surface area (Å²) < 4.78 is 0. The van der Waals surface area contributed by atoms with E-state index in [1.54, 1.807) is 19.1 Å². The molecule has 0 bridgehead atoms. The minimum Gasteiger partial charge on any atom is -0.326 e. The highest BCUT2D eigenvalue weighted by atomic mass is 16.2. The average molecular weight is 215 g/mol. The Morgan fingerprint density at radius 1 is 1.19 bits per heavy atom. The number of hydrogen-bond acceptors (Lipinski definition) is 2. The highest BCUT2D eigenvalue weighted by Gasteiger charge is 2.06. The lowest BCUT2D eigenvalue weighted by Gasteiger charge is -1.94. The van der Waals surface area contributed by atoms with Crippen molar-refractivity contribution < 1.29 is 9.59 Å². The summed E-state index contributed by atoms with van der Waals surface area (Å²) in [4.78, 5) is 22.4. The lowest BCUT2D eigenvalue weighted by Crippen LogP contribution is -2.24. The van der Waals surface area contributed by atoms with Crippen molar-refractivity contribution in [2.45, 2.75) is 6.92 Å². The van der Waals surface area contributed by atoms with Crippen molar-refractivity contribution in [1.29, 1.82) is 0 Å². The number of amides is 1.